The molecule has 1 aromatic heterocycles. The lowest BCUT2D eigenvalue weighted by molar-refractivity contribution is -0.384. The average Bonchev–Trinajstić information content (AvgIpc) is 2.68. The van der Waals surface area contributed by atoms with Crippen LogP contribution in [0.15, 0.2) is 59.4 Å². The van der Waals surface area contributed by atoms with E-state index in [4.69, 9.17) is 0 Å². The topological polar surface area (TPSA) is 107 Å². The van der Waals surface area contributed by atoms with Gasteiger partial charge in [-0.15, -0.1) is 0 Å². The number of hydrogen-bond acceptors (Lipinski definition) is 5. The maximum Gasteiger partial charge on any atom is 0.294 e. The van der Waals surface area contributed by atoms with Crippen molar-refractivity contribution in [3.8, 4) is 5.69 Å². The number of nitrogens with zero attached hydrogens (tertiary/aromatic N) is 3. The zero-order chi connectivity index (χ0) is 21.1. The fraction of sp³-hybridized carbons (Fsp3) is 0.190. The van der Waals surface area contributed by atoms with Crippen LogP contribution < -0.4 is 10.7 Å². The Morgan fingerprint density at radius 1 is 1.14 bits per heavy atom. The molecule has 8 heteroatoms. The van der Waals surface area contributed by atoms with Gasteiger partial charge in [0.25, 0.3) is 11.6 Å². The summed E-state index contributed by atoms with van der Waals surface area (Å²) in [4.78, 5) is 36.0. The molecule has 0 aliphatic carbocycles. The maximum atomic E-state index is 12.8. The van der Waals surface area contributed by atoms with Crippen LogP contribution in [0.3, 0.4) is 0 Å². The molecule has 0 saturated heterocycles. The summed E-state index contributed by atoms with van der Waals surface area (Å²) in [7, 11) is 0. The van der Waals surface area contributed by atoms with Gasteiger partial charge < -0.3 is 5.32 Å². The van der Waals surface area contributed by atoms with Crippen molar-refractivity contribution in [2.75, 3.05) is 5.32 Å². The summed E-state index contributed by atoms with van der Waals surface area (Å²) in [5.74, 6) is -0.503. The first-order valence-corrected chi connectivity index (χ1v) is 9.04. The first kappa shape index (κ1) is 19.9. The number of hydrogen-bond donors (Lipinski definition) is 1. The minimum atomic E-state index is -0.671. The molecule has 29 heavy (non-hydrogen) atoms. The second kappa shape index (κ2) is 8.05. The van der Waals surface area contributed by atoms with E-state index in [0.717, 1.165) is 5.56 Å². The van der Waals surface area contributed by atoms with Crippen molar-refractivity contribution in [1.82, 2.24) is 9.78 Å². The molecule has 0 fully saturated rings. The van der Waals surface area contributed by atoms with E-state index in [1.165, 1.54) is 28.9 Å². The van der Waals surface area contributed by atoms with Crippen LogP contribution in [0.4, 0.5) is 11.4 Å². The summed E-state index contributed by atoms with van der Waals surface area (Å²) in [6, 6.07) is 14.6. The molecule has 0 aliphatic rings. The highest BCUT2D eigenvalue weighted by Crippen LogP contribution is 2.24. The molecule has 3 aromatic rings. The van der Waals surface area contributed by atoms with Gasteiger partial charge >= 0.3 is 0 Å². The zero-order valence-corrected chi connectivity index (χ0v) is 16.2. The van der Waals surface area contributed by atoms with Gasteiger partial charge in [-0.2, -0.15) is 5.10 Å². The maximum absolute atomic E-state index is 12.8. The molecule has 1 heterocycles. The van der Waals surface area contributed by atoms with Crippen molar-refractivity contribution in [3.05, 3.63) is 91.9 Å². The molecular weight excluding hydrogens is 372 g/mol. The summed E-state index contributed by atoms with van der Waals surface area (Å²) in [6.45, 7) is 5.59. The number of nitrogens with one attached hydrogen (secondary N) is 1. The van der Waals surface area contributed by atoms with Gasteiger partial charge in [-0.1, -0.05) is 44.2 Å². The first-order chi connectivity index (χ1) is 13.8. The molecule has 0 spiro atoms. The number of benzene rings is 2. The van der Waals surface area contributed by atoms with Gasteiger partial charge in [0.15, 0.2) is 5.69 Å². The van der Waals surface area contributed by atoms with Crippen LogP contribution in [0.5, 0.6) is 0 Å². The second-order valence-electron chi connectivity index (χ2n) is 6.85. The summed E-state index contributed by atoms with van der Waals surface area (Å²) < 4.78 is 1.24. The average molecular weight is 392 g/mol. The number of amides is 1. The Morgan fingerprint density at radius 3 is 2.48 bits per heavy atom. The minimum absolute atomic E-state index is 0.168. The quantitative estimate of drug-likeness (QED) is 0.525. The highest BCUT2D eigenvalue weighted by molar-refractivity contribution is 6.03. The largest absolute Gasteiger partial charge is 0.320 e. The molecule has 0 atom stereocenters. The molecule has 0 bridgehead atoms. The minimum Gasteiger partial charge on any atom is -0.320 e. The highest BCUT2D eigenvalue weighted by atomic mass is 16.6. The van der Waals surface area contributed by atoms with Crippen molar-refractivity contribution in [3.63, 3.8) is 0 Å². The standard InChI is InChI=1S/C21H20N4O4/c1-13(2)15-8-4-5-9-16(15)22-21(27)20-19(26)12-14(3)24(23-20)17-10-6-7-11-18(17)25(28)29/h4-13H,1-3H3,(H,22,27). The molecular formula is C21H20N4O4. The first-order valence-electron chi connectivity index (χ1n) is 9.04. The molecule has 8 nitrogen and oxygen atoms in total. The van der Waals surface area contributed by atoms with E-state index in [0.29, 0.717) is 11.4 Å². The van der Waals surface area contributed by atoms with Crippen molar-refractivity contribution in [2.24, 2.45) is 0 Å². The number of nitro benzene ring substituents is 1. The molecule has 3 rings (SSSR count). The summed E-state index contributed by atoms with van der Waals surface area (Å²) in [6.07, 6.45) is 0. The van der Waals surface area contributed by atoms with Crippen LogP contribution in [0.2, 0.25) is 0 Å². The van der Waals surface area contributed by atoms with Gasteiger partial charge in [0, 0.05) is 23.5 Å². The SMILES string of the molecule is Cc1cc(=O)c(C(=O)Nc2ccccc2C(C)C)nn1-c1ccccc1[N+](=O)[O-]. The fourth-order valence-corrected chi connectivity index (χ4v) is 3.04. The lowest BCUT2D eigenvalue weighted by Gasteiger charge is -2.14. The van der Waals surface area contributed by atoms with Crippen LogP contribution in [-0.2, 0) is 0 Å². The Hall–Kier alpha value is -3.81. The van der Waals surface area contributed by atoms with Gasteiger partial charge in [0.2, 0.25) is 5.43 Å². The van der Waals surface area contributed by atoms with Crippen LogP contribution in [0.1, 0.15) is 41.5 Å². The van der Waals surface area contributed by atoms with Crippen molar-refractivity contribution >= 4 is 17.3 Å². The monoisotopic (exact) mass is 392 g/mol. The number of carbonyl (C=O) groups is 1. The van der Waals surface area contributed by atoms with E-state index in [2.05, 4.69) is 10.4 Å². The third-order valence-corrected chi connectivity index (χ3v) is 4.46. The number of nitro groups is 1. The lowest BCUT2D eigenvalue weighted by Crippen LogP contribution is -2.27. The lowest BCUT2D eigenvalue weighted by atomic mass is 10.0. The van der Waals surface area contributed by atoms with Gasteiger partial charge in [-0.05, 0) is 30.5 Å². The Labute approximate surface area is 167 Å². The number of aryl methyl sites for hydroxylation is 1. The number of anilines is 1. The molecule has 148 valence electrons. The summed E-state index contributed by atoms with van der Waals surface area (Å²) in [5, 5.41) is 18.2. The normalized spacial score (nSPS) is 10.8. The van der Waals surface area contributed by atoms with Gasteiger partial charge in [0.05, 0.1) is 4.92 Å². The molecule has 0 aliphatic heterocycles. The number of para-hydroxylation sites is 3. The predicted molar refractivity (Wildman–Crippen MR) is 110 cm³/mol. The highest BCUT2D eigenvalue weighted by Gasteiger charge is 2.21. The van der Waals surface area contributed by atoms with Gasteiger partial charge in [0.1, 0.15) is 5.69 Å². The zero-order valence-electron chi connectivity index (χ0n) is 16.2. The Morgan fingerprint density at radius 2 is 1.79 bits per heavy atom. The number of rotatable bonds is 5. The van der Waals surface area contributed by atoms with E-state index < -0.39 is 16.3 Å². The van der Waals surface area contributed by atoms with Crippen molar-refractivity contribution < 1.29 is 9.72 Å². The van der Waals surface area contributed by atoms with Crippen LogP contribution in [0, 0.1) is 17.0 Å². The third kappa shape index (κ3) is 4.06. The third-order valence-electron chi connectivity index (χ3n) is 4.46. The second-order valence-corrected chi connectivity index (χ2v) is 6.85. The molecule has 0 radical (unpaired) electrons. The molecule has 0 unspecified atom stereocenters. The molecule has 1 amide bonds. The predicted octanol–water partition coefficient (Wildman–Crippen LogP) is 3.82. The van der Waals surface area contributed by atoms with Crippen molar-refractivity contribution in [2.45, 2.75) is 26.7 Å². The summed E-state index contributed by atoms with van der Waals surface area (Å²) in [5.41, 5.74) is 0.987. The summed E-state index contributed by atoms with van der Waals surface area (Å²) >= 11 is 0. The number of aromatic nitrogens is 2. The Balaban J connectivity index is 2.07. The van der Waals surface area contributed by atoms with E-state index in [9.17, 15) is 19.7 Å². The van der Waals surface area contributed by atoms with Crippen LogP contribution in [-0.4, -0.2) is 20.6 Å². The van der Waals surface area contributed by atoms with E-state index in [1.54, 1.807) is 25.1 Å². The fourth-order valence-electron chi connectivity index (χ4n) is 3.04. The molecule has 2 aromatic carbocycles. The Bertz CT molecular complexity index is 1150. The van der Waals surface area contributed by atoms with Crippen LogP contribution >= 0.6 is 0 Å². The van der Waals surface area contributed by atoms with E-state index in [-0.39, 0.29) is 23.0 Å². The van der Waals surface area contributed by atoms with Gasteiger partial charge in [-0.3, -0.25) is 19.7 Å². The Kier molecular flexibility index (Phi) is 5.54. The molecule has 0 saturated carbocycles. The molecule has 1 N–H and O–H groups in total. The smallest absolute Gasteiger partial charge is 0.294 e. The van der Waals surface area contributed by atoms with E-state index in [1.807, 2.05) is 26.0 Å². The van der Waals surface area contributed by atoms with Crippen molar-refractivity contribution in [1.29, 1.82) is 0 Å². The number of carbonyl (C=O) groups excluding carboxylic acids is 1. The van der Waals surface area contributed by atoms with Gasteiger partial charge in [-0.25, -0.2) is 4.68 Å². The van der Waals surface area contributed by atoms with E-state index >= 15 is 0 Å². The van der Waals surface area contributed by atoms with Crippen LogP contribution in [0.25, 0.3) is 5.69 Å².